The molecule has 3 aromatic rings. The van der Waals surface area contributed by atoms with Crippen LogP contribution < -0.4 is 4.90 Å². The molecule has 2 atom stereocenters. The standard InChI is InChI=1S/C29H35N5O2/c1-6-24-20-33(19-21(2)34(24)28(35)36-29(3,4)5)26-18-17-25(31-32-26)30-27(22-13-9-7-10-14-22)23-15-11-8-12-16-23/h7-18,21,24H,6,19-20H2,1-5H3. The molecule has 7 heteroatoms. The van der Waals surface area contributed by atoms with E-state index in [1.54, 1.807) is 0 Å². The fourth-order valence-corrected chi connectivity index (χ4v) is 4.49. The number of aromatic nitrogens is 2. The zero-order valence-electron chi connectivity index (χ0n) is 21.8. The van der Waals surface area contributed by atoms with Gasteiger partial charge in [0.15, 0.2) is 11.6 Å². The van der Waals surface area contributed by atoms with Crippen LogP contribution in [0.1, 0.15) is 52.2 Å². The van der Waals surface area contributed by atoms with Gasteiger partial charge in [-0.2, -0.15) is 0 Å². The third-order valence-corrected chi connectivity index (χ3v) is 6.14. The van der Waals surface area contributed by atoms with Gasteiger partial charge in [-0.05, 0) is 46.2 Å². The van der Waals surface area contributed by atoms with Crippen LogP contribution in [0.2, 0.25) is 0 Å². The molecule has 0 radical (unpaired) electrons. The van der Waals surface area contributed by atoms with Crippen LogP contribution in [0.5, 0.6) is 0 Å². The maximum absolute atomic E-state index is 12.9. The number of anilines is 1. The first-order valence-corrected chi connectivity index (χ1v) is 12.5. The fraction of sp³-hybridized carbons (Fsp3) is 0.379. The van der Waals surface area contributed by atoms with Crippen molar-refractivity contribution in [1.82, 2.24) is 15.1 Å². The van der Waals surface area contributed by atoms with Crippen LogP contribution in [0.15, 0.2) is 77.8 Å². The van der Waals surface area contributed by atoms with Crippen molar-refractivity contribution < 1.29 is 9.53 Å². The predicted octanol–water partition coefficient (Wildman–Crippen LogP) is 5.87. The first-order valence-electron chi connectivity index (χ1n) is 12.5. The van der Waals surface area contributed by atoms with E-state index in [-0.39, 0.29) is 18.2 Å². The van der Waals surface area contributed by atoms with Crippen LogP contribution in [-0.4, -0.2) is 57.7 Å². The molecule has 0 N–H and O–H groups in total. The van der Waals surface area contributed by atoms with Gasteiger partial charge in [0, 0.05) is 24.2 Å². The summed E-state index contributed by atoms with van der Waals surface area (Å²) in [5, 5.41) is 8.95. The summed E-state index contributed by atoms with van der Waals surface area (Å²) in [4.78, 5) is 21.8. The normalized spacial score (nSPS) is 18.0. The second kappa shape index (κ2) is 10.9. The van der Waals surface area contributed by atoms with Gasteiger partial charge in [0.2, 0.25) is 0 Å². The van der Waals surface area contributed by atoms with Gasteiger partial charge >= 0.3 is 6.09 Å². The van der Waals surface area contributed by atoms with Gasteiger partial charge in [0.25, 0.3) is 0 Å². The first kappa shape index (κ1) is 25.4. The number of carbonyl (C=O) groups is 1. The number of nitrogens with zero attached hydrogens (tertiary/aromatic N) is 5. The van der Waals surface area contributed by atoms with Gasteiger partial charge in [0.05, 0.1) is 17.8 Å². The van der Waals surface area contributed by atoms with E-state index >= 15 is 0 Å². The average Bonchev–Trinajstić information content (AvgIpc) is 2.87. The minimum atomic E-state index is -0.521. The molecular weight excluding hydrogens is 450 g/mol. The minimum Gasteiger partial charge on any atom is -0.444 e. The molecule has 0 aliphatic carbocycles. The molecule has 2 heterocycles. The maximum atomic E-state index is 12.9. The topological polar surface area (TPSA) is 70.9 Å². The van der Waals surface area contributed by atoms with Crippen molar-refractivity contribution in [2.45, 2.75) is 58.7 Å². The van der Waals surface area contributed by atoms with E-state index < -0.39 is 5.60 Å². The molecule has 2 unspecified atom stereocenters. The van der Waals surface area contributed by atoms with E-state index in [1.807, 2.05) is 98.5 Å². The highest BCUT2D eigenvalue weighted by atomic mass is 16.6. The van der Waals surface area contributed by atoms with Crippen LogP contribution in [0.3, 0.4) is 0 Å². The molecule has 0 saturated carbocycles. The molecule has 2 aromatic carbocycles. The quantitative estimate of drug-likeness (QED) is 0.423. The second-order valence-electron chi connectivity index (χ2n) is 10.1. The zero-order chi connectivity index (χ0) is 25.7. The molecule has 1 fully saturated rings. The van der Waals surface area contributed by atoms with E-state index in [1.165, 1.54) is 0 Å². The van der Waals surface area contributed by atoms with Crippen molar-refractivity contribution in [1.29, 1.82) is 0 Å². The second-order valence-corrected chi connectivity index (χ2v) is 10.1. The summed E-state index contributed by atoms with van der Waals surface area (Å²) in [5.41, 5.74) is 2.37. The summed E-state index contributed by atoms with van der Waals surface area (Å²) in [6.07, 6.45) is 0.569. The highest BCUT2D eigenvalue weighted by molar-refractivity contribution is 6.13. The predicted molar refractivity (Wildman–Crippen MR) is 144 cm³/mol. The molecule has 0 bridgehead atoms. The van der Waals surface area contributed by atoms with Gasteiger partial charge in [-0.25, -0.2) is 9.79 Å². The summed E-state index contributed by atoms with van der Waals surface area (Å²) in [6, 6.07) is 24.1. The van der Waals surface area contributed by atoms with Gasteiger partial charge in [-0.1, -0.05) is 67.6 Å². The summed E-state index contributed by atoms with van der Waals surface area (Å²) in [7, 11) is 0. The van der Waals surface area contributed by atoms with Gasteiger partial charge in [-0.15, -0.1) is 10.2 Å². The van der Waals surface area contributed by atoms with Crippen LogP contribution in [0.4, 0.5) is 16.4 Å². The minimum absolute atomic E-state index is 0.0131. The Balaban J connectivity index is 1.55. The van der Waals surface area contributed by atoms with E-state index in [0.717, 1.165) is 29.1 Å². The molecule has 1 saturated heterocycles. The summed E-state index contributed by atoms with van der Waals surface area (Å²) >= 11 is 0. The van der Waals surface area contributed by atoms with Crippen molar-refractivity contribution in [3.8, 4) is 0 Å². The number of aliphatic imine (C=N–C) groups is 1. The first-order chi connectivity index (χ1) is 17.2. The van der Waals surface area contributed by atoms with Gasteiger partial charge < -0.3 is 9.64 Å². The summed E-state index contributed by atoms with van der Waals surface area (Å²) < 4.78 is 5.67. The Bertz CT molecular complexity index is 1130. The lowest BCUT2D eigenvalue weighted by Gasteiger charge is -2.45. The molecule has 7 nitrogen and oxygen atoms in total. The Morgan fingerprint density at radius 3 is 2.06 bits per heavy atom. The largest absolute Gasteiger partial charge is 0.444 e. The van der Waals surface area contributed by atoms with E-state index in [2.05, 4.69) is 28.9 Å². The van der Waals surface area contributed by atoms with Crippen molar-refractivity contribution in [2.75, 3.05) is 18.0 Å². The van der Waals surface area contributed by atoms with E-state index in [0.29, 0.717) is 18.9 Å². The molecule has 0 spiro atoms. The van der Waals surface area contributed by atoms with Crippen molar-refractivity contribution in [3.05, 3.63) is 83.9 Å². The van der Waals surface area contributed by atoms with Gasteiger partial charge in [-0.3, -0.25) is 4.90 Å². The van der Waals surface area contributed by atoms with Crippen LogP contribution in [0, 0.1) is 0 Å². The van der Waals surface area contributed by atoms with Crippen molar-refractivity contribution >= 4 is 23.4 Å². The van der Waals surface area contributed by atoms with Crippen LogP contribution in [0.25, 0.3) is 0 Å². The van der Waals surface area contributed by atoms with Crippen molar-refractivity contribution in [3.63, 3.8) is 0 Å². The number of hydrogen-bond donors (Lipinski definition) is 0. The lowest BCUT2D eigenvalue weighted by atomic mass is 10.0. The summed E-state index contributed by atoms with van der Waals surface area (Å²) in [6.45, 7) is 11.2. The molecule has 1 aliphatic rings. The third-order valence-electron chi connectivity index (χ3n) is 6.14. The van der Waals surface area contributed by atoms with Crippen LogP contribution >= 0.6 is 0 Å². The number of hydrogen-bond acceptors (Lipinski definition) is 6. The SMILES string of the molecule is CCC1CN(c2ccc(N=C(c3ccccc3)c3ccccc3)nn2)CC(C)N1C(=O)OC(C)(C)C. The maximum Gasteiger partial charge on any atom is 0.410 e. The fourth-order valence-electron chi connectivity index (χ4n) is 4.49. The molecule has 1 amide bonds. The Hall–Kier alpha value is -3.74. The van der Waals surface area contributed by atoms with Gasteiger partial charge in [0.1, 0.15) is 5.60 Å². The Labute approximate surface area is 213 Å². The molecule has 36 heavy (non-hydrogen) atoms. The highest BCUT2D eigenvalue weighted by Gasteiger charge is 2.37. The third kappa shape index (κ3) is 6.08. The Morgan fingerprint density at radius 2 is 1.56 bits per heavy atom. The number of piperazine rings is 1. The number of amides is 1. The molecular formula is C29H35N5O2. The van der Waals surface area contributed by atoms with Crippen LogP contribution in [-0.2, 0) is 4.74 Å². The molecule has 188 valence electrons. The Kier molecular flexibility index (Phi) is 7.67. The number of rotatable bonds is 5. The molecule has 4 rings (SSSR count). The summed E-state index contributed by atoms with van der Waals surface area (Å²) in [5.74, 6) is 1.33. The highest BCUT2D eigenvalue weighted by Crippen LogP contribution is 2.26. The average molecular weight is 486 g/mol. The molecule has 1 aromatic heterocycles. The monoisotopic (exact) mass is 485 g/mol. The van der Waals surface area contributed by atoms with E-state index in [9.17, 15) is 4.79 Å². The smallest absolute Gasteiger partial charge is 0.410 e. The van der Waals surface area contributed by atoms with Crippen molar-refractivity contribution in [2.24, 2.45) is 4.99 Å². The number of ether oxygens (including phenoxy) is 1. The lowest BCUT2D eigenvalue weighted by molar-refractivity contribution is 0.00285. The van der Waals surface area contributed by atoms with E-state index in [4.69, 9.17) is 9.73 Å². The number of carbonyl (C=O) groups excluding carboxylic acids is 1. The molecule has 1 aliphatic heterocycles. The Morgan fingerprint density at radius 1 is 0.944 bits per heavy atom. The lowest BCUT2D eigenvalue weighted by Crippen LogP contribution is -2.60. The number of benzene rings is 2. The zero-order valence-corrected chi connectivity index (χ0v) is 21.8.